The number of hydrogen-bond acceptors (Lipinski definition) is 7. The first-order chi connectivity index (χ1) is 17.8. The van der Waals surface area contributed by atoms with E-state index in [0.717, 1.165) is 16.3 Å². The maximum atomic E-state index is 11.6. The van der Waals surface area contributed by atoms with Gasteiger partial charge in [-0.25, -0.2) is 18.2 Å². The molecule has 5 aromatic rings. The molecule has 0 radical (unpaired) electrons. The van der Waals surface area contributed by atoms with E-state index in [1.807, 2.05) is 47.2 Å². The highest BCUT2D eigenvalue weighted by molar-refractivity contribution is 7.90. The Bertz CT molecular complexity index is 1730. The molecular formula is C27H24N4O5S. The zero-order valence-corrected chi connectivity index (χ0v) is 20.8. The molecule has 0 aliphatic carbocycles. The highest BCUT2D eigenvalue weighted by atomic mass is 32.2. The molecule has 2 aromatic heterocycles. The fourth-order valence-corrected chi connectivity index (χ4v) is 4.87. The first-order valence-electron chi connectivity index (χ1n) is 11.6. The SMILES string of the molecule is CS(=O)(=O)CCCOc1cccc2c1ccn2-c1ccnc(Nc2ccc(C(=O)O)c3ccccc23)n1. The van der Waals surface area contributed by atoms with Crippen LogP contribution in [0.2, 0.25) is 0 Å². The van der Waals surface area contributed by atoms with Gasteiger partial charge in [0.05, 0.1) is 23.4 Å². The number of fused-ring (bicyclic) bond motifs is 2. The number of ether oxygens (including phenoxy) is 1. The van der Waals surface area contributed by atoms with Crippen LogP contribution in [-0.4, -0.2) is 52.6 Å². The van der Waals surface area contributed by atoms with Gasteiger partial charge in [0, 0.05) is 35.1 Å². The van der Waals surface area contributed by atoms with E-state index in [2.05, 4.69) is 15.3 Å². The summed E-state index contributed by atoms with van der Waals surface area (Å²) in [4.78, 5) is 20.6. The molecule has 0 unspecified atom stereocenters. The van der Waals surface area contributed by atoms with Crippen LogP contribution in [0.15, 0.2) is 79.1 Å². The van der Waals surface area contributed by atoms with Crippen molar-refractivity contribution in [2.75, 3.05) is 23.9 Å². The summed E-state index contributed by atoms with van der Waals surface area (Å²) in [6.07, 6.45) is 5.16. The van der Waals surface area contributed by atoms with Gasteiger partial charge in [-0.1, -0.05) is 30.3 Å². The summed E-state index contributed by atoms with van der Waals surface area (Å²) in [5.41, 5.74) is 1.80. The molecule has 0 fully saturated rings. The summed E-state index contributed by atoms with van der Waals surface area (Å²) in [6.45, 7) is 0.299. The third kappa shape index (κ3) is 5.24. The zero-order chi connectivity index (χ0) is 26.0. The second-order valence-corrected chi connectivity index (χ2v) is 10.8. The number of nitrogens with zero attached hydrogens (tertiary/aromatic N) is 3. The van der Waals surface area contributed by atoms with E-state index < -0.39 is 15.8 Å². The molecule has 0 aliphatic rings. The Kier molecular flexibility index (Phi) is 6.49. The van der Waals surface area contributed by atoms with Gasteiger partial charge in [0.25, 0.3) is 0 Å². The Hall–Kier alpha value is -4.44. The number of carbonyl (C=O) groups is 1. The molecule has 0 spiro atoms. The van der Waals surface area contributed by atoms with Crippen molar-refractivity contribution in [1.82, 2.24) is 14.5 Å². The topological polar surface area (TPSA) is 123 Å². The van der Waals surface area contributed by atoms with Crippen molar-refractivity contribution >= 4 is 49.1 Å². The van der Waals surface area contributed by atoms with Gasteiger partial charge in [-0.3, -0.25) is 0 Å². The predicted octanol–water partition coefficient (Wildman–Crippen LogP) is 4.83. The lowest BCUT2D eigenvalue weighted by molar-refractivity contribution is 0.0699. The van der Waals surface area contributed by atoms with Crippen molar-refractivity contribution < 1.29 is 23.1 Å². The Morgan fingerprint density at radius 2 is 1.81 bits per heavy atom. The van der Waals surface area contributed by atoms with Crippen LogP contribution in [0.3, 0.4) is 0 Å². The fraction of sp³-hybridized carbons (Fsp3) is 0.148. The second-order valence-electron chi connectivity index (χ2n) is 8.58. The van der Waals surface area contributed by atoms with Crippen molar-refractivity contribution in [3.63, 3.8) is 0 Å². The summed E-state index contributed by atoms with van der Waals surface area (Å²) < 4.78 is 30.5. The number of anilines is 2. The summed E-state index contributed by atoms with van der Waals surface area (Å²) in [5, 5.41) is 15.0. The van der Waals surface area contributed by atoms with Crippen molar-refractivity contribution in [3.8, 4) is 11.6 Å². The van der Waals surface area contributed by atoms with E-state index in [1.165, 1.54) is 6.26 Å². The van der Waals surface area contributed by atoms with Crippen molar-refractivity contribution in [3.05, 3.63) is 84.7 Å². The van der Waals surface area contributed by atoms with Crippen LogP contribution in [0.25, 0.3) is 27.5 Å². The number of sulfone groups is 1. The van der Waals surface area contributed by atoms with Gasteiger partial charge in [0.15, 0.2) is 0 Å². The lowest BCUT2D eigenvalue weighted by Gasteiger charge is -2.12. The Morgan fingerprint density at radius 3 is 2.59 bits per heavy atom. The van der Waals surface area contributed by atoms with Crippen LogP contribution in [0, 0.1) is 0 Å². The number of benzene rings is 3. The summed E-state index contributed by atoms with van der Waals surface area (Å²) in [6, 6.07) is 19.9. The maximum Gasteiger partial charge on any atom is 0.336 e. The van der Waals surface area contributed by atoms with Gasteiger partial charge >= 0.3 is 5.97 Å². The smallest absolute Gasteiger partial charge is 0.336 e. The van der Waals surface area contributed by atoms with Crippen LogP contribution in [0.5, 0.6) is 5.75 Å². The minimum atomic E-state index is -3.03. The third-order valence-electron chi connectivity index (χ3n) is 5.90. The average molecular weight is 517 g/mol. The largest absolute Gasteiger partial charge is 0.493 e. The Labute approximate surface area is 213 Å². The number of carboxylic acids is 1. The third-order valence-corrected chi connectivity index (χ3v) is 6.93. The summed E-state index contributed by atoms with van der Waals surface area (Å²) >= 11 is 0. The molecule has 0 amide bonds. The first-order valence-corrected chi connectivity index (χ1v) is 13.6. The summed E-state index contributed by atoms with van der Waals surface area (Å²) in [7, 11) is -3.03. The number of nitrogens with one attached hydrogen (secondary N) is 1. The monoisotopic (exact) mass is 516 g/mol. The van der Waals surface area contributed by atoms with Gasteiger partial charge in [0.2, 0.25) is 5.95 Å². The van der Waals surface area contributed by atoms with Gasteiger partial charge in [0.1, 0.15) is 21.4 Å². The molecule has 5 rings (SSSR count). The minimum Gasteiger partial charge on any atom is -0.493 e. The van der Waals surface area contributed by atoms with Crippen LogP contribution in [0.4, 0.5) is 11.6 Å². The first kappa shape index (κ1) is 24.3. The number of aromatic carboxylic acids is 1. The maximum absolute atomic E-state index is 11.6. The van der Waals surface area contributed by atoms with Gasteiger partial charge in [-0.05, 0) is 48.2 Å². The van der Waals surface area contributed by atoms with Gasteiger partial charge in [-0.15, -0.1) is 0 Å². The van der Waals surface area contributed by atoms with E-state index in [0.29, 0.717) is 41.6 Å². The van der Waals surface area contributed by atoms with E-state index >= 15 is 0 Å². The molecule has 37 heavy (non-hydrogen) atoms. The molecule has 3 aromatic carbocycles. The Morgan fingerprint density at radius 1 is 1.00 bits per heavy atom. The molecule has 188 valence electrons. The van der Waals surface area contributed by atoms with Crippen molar-refractivity contribution in [1.29, 1.82) is 0 Å². The van der Waals surface area contributed by atoms with Crippen LogP contribution < -0.4 is 10.1 Å². The number of carboxylic acid groups (broad SMARTS) is 1. The van der Waals surface area contributed by atoms with E-state index in [4.69, 9.17) is 4.74 Å². The average Bonchev–Trinajstić information content (AvgIpc) is 3.31. The molecule has 0 saturated heterocycles. The molecule has 10 heteroatoms. The highest BCUT2D eigenvalue weighted by Crippen LogP contribution is 2.30. The van der Waals surface area contributed by atoms with Crippen molar-refractivity contribution in [2.24, 2.45) is 0 Å². The van der Waals surface area contributed by atoms with E-state index in [1.54, 1.807) is 36.5 Å². The van der Waals surface area contributed by atoms with Gasteiger partial charge < -0.3 is 19.7 Å². The number of aromatic nitrogens is 3. The normalized spacial score (nSPS) is 11.6. The molecule has 0 saturated carbocycles. The lowest BCUT2D eigenvalue weighted by Crippen LogP contribution is -2.08. The number of rotatable bonds is 9. The molecule has 0 aliphatic heterocycles. The number of hydrogen-bond donors (Lipinski definition) is 2. The van der Waals surface area contributed by atoms with Crippen molar-refractivity contribution in [2.45, 2.75) is 6.42 Å². The van der Waals surface area contributed by atoms with Crippen LogP contribution >= 0.6 is 0 Å². The second kappa shape index (κ2) is 9.90. The molecule has 0 atom stereocenters. The molecular weight excluding hydrogens is 492 g/mol. The van der Waals surface area contributed by atoms with Gasteiger partial charge in [-0.2, -0.15) is 4.98 Å². The lowest BCUT2D eigenvalue weighted by atomic mass is 10.0. The quantitative estimate of drug-likeness (QED) is 0.267. The van der Waals surface area contributed by atoms with E-state index in [-0.39, 0.29) is 11.3 Å². The zero-order valence-electron chi connectivity index (χ0n) is 20.0. The molecule has 2 heterocycles. The molecule has 0 bridgehead atoms. The standard InChI is InChI=1S/C27H24N4O5S/c1-37(34,35)17-5-16-36-24-9-4-8-23-21(24)13-15-31(23)25-12-14-28-27(30-25)29-22-11-10-20(26(32)33)18-6-2-3-7-19(18)22/h2-4,6-15H,5,16-17H2,1H3,(H,32,33)(H,28,29,30). The molecule has 9 nitrogen and oxygen atoms in total. The van der Waals surface area contributed by atoms with Crippen LogP contribution in [0.1, 0.15) is 16.8 Å². The predicted molar refractivity (Wildman–Crippen MR) is 143 cm³/mol. The highest BCUT2D eigenvalue weighted by Gasteiger charge is 2.13. The minimum absolute atomic E-state index is 0.0784. The van der Waals surface area contributed by atoms with E-state index in [9.17, 15) is 18.3 Å². The molecule has 2 N–H and O–H groups in total. The fourth-order valence-electron chi connectivity index (χ4n) is 4.23. The van der Waals surface area contributed by atoms with Crippen LogP contribution in [-0.2, 0) is 9.84 Å². The Balaban J connectivity index is 1.42. The summed E-state index contributed by atoms with van der Waals surface area (Å²) in [5.74, 6) is 0.755.